The van der Waals surface area contributed by atoms with E-state index in [-0.39, 0.29) is 31.2 Å². The smallest absolute Gasteiger partial charge is 0.407 e. The lowest BCUT2D eigenvalue weighted by Gasteiger charge is -2.20. The van der Waals surface area contributed by atoms with Gasteiger partial charge < -0.3 is 20.3 Å². The summed E-state index contributed by atoms with van der Waals surface area (Å²) in [5, 5.41) is 34.2. The fraction of sp³-hybridized carbons (Fsp3) is 0.269. The molecule has 0 saturated heterocycles. The van der Waals surface area contributed by atoms with Crippen molar-refractivity contribution in [1.29, 1.82) is 0 Å². The zero-order chi connectivity index (χ0) is 24.2. The van der Waals surface area contributed by atoms with Crippen molar-refractivity contribution in [2.75, 3.05) is 13.2 Å². The number of ether oxygens (including phenoxy) is 1. The summed E-state index contributed by atoms with van der Waals surface area (Å²) in [5.74, 6) is -0.0457. The minimum Gasteiger partial charge on any atom is -0.449 e. The Morgan fingerprint density at radius 2 is 1.68 bits per heavy atom. The molecule has 0 radical (unpaired) electrons. The topological polar surface area (TPSA) is 122 Å². The summed E-state index contributed by atoms with van der Waals surface area (Å²) in [6, 6.07) is 20.2. The number of aliphatic hydroxyl groups excluding tert-OH is 2. The van der Waals surface area contributed by atoms with E-state index in [1.54, 1.807) is 6.92 Å². The third kappa shape index (κ3) is 4.78. The number of fused-ring (bicyclic) bond motifs is 3. The van der Waals surface area contributed by atoms with E-state index in [9.17, 15) is 25.1 Å². The molecular formula is C26H26N2O6. The largest absolute Gasteiger partial charge is 0.449 e. The Morgan fingerprint density at radius 1 is 1.06 bits per heavy atom. The number of amides is 1. The Bertz CT molecular complexity index is 1170. The molecule has 3 aromatic carbocycles. The molecule has 0 fully saturated rings. The molecule has 1 aliphatic carbocycles. The molecule has 4 rings (SSSR count). The number of rotatable bonds is 8. The highest BCUT2D eigenvalue weighted by atomic mass is 16.6. The number of aliphatic hydroxyl groups is 2. The molecule has 0 saturated carbocycles. The van der Waals surface area contributed by atoms with Gasteiger partial charge in [0.15, 0.2) is 0 Å². The Hall–Kier alpha value is -3.75. The predicted octanol–water partition coefficient (Wildman–Crippen LogP) is 4.23. The number of carbonyl (C=O) groups is 1. The van der Waals surface area contributed by atoms with Crippen LogP contribution in [0.1, 0.15) is 40.7 Å². The maximum atomic E-state index is 12.3. The second kappa shape index (κ2) is 10.0. The van der Waals surface area contributed by atoms with E-state index in [4.69, 9.17) is 4.74 Å². The van der Waals surface area contributed by atoms with Crippen LogP contribution in [0.5, 0.6) is 0 Å². The maximum Gasteiger partial charge on any atom is 0.407 e. The molecule has 1 amide bonds. The highest BCUT2D eigenvalue weighted by Gasteiger charge is 2.29. The Labute approximate surface area is 197 Å². The van der Waals surface area contributed by atoms with Crippen LogP contribution in [0.3, 0.4) is 0 Å². The SMILES string of the molecule is Cc1cc([N+](=O)[O-])ccc1C(O)C(O)CCNC(=O)OCC1c2ccccc2-c2ccccc21. The van der Waals surface area contributed by atoms with Crippen LogP contribution in [0.25, 0.3) is 11.1 Å². The van der Waals surface area contributed by atoms with E-state index in [2.05, 4.69) is 17.4 Å². The highest BCUT2D eigenvalue weighted by molar-refractivity contribution is 5.79. The predicted molar refractivity (Wildman–Crippen MR) is 126 cm³/mol. The van der Waals surface area contributed by atoms with Crippen LogP contribution >= 0.6 is 0 Å². The fourth-order valence-electron chi connectivity index (χ4n) is 4.44. The van der Waals surface area contributed by atoms with Crippen LogP contribution in [0, 0.1) is 17.0 Å². The second-order valence-corrected chi connectivity index (χ2v) is 8.35. The number of nitrogens with one attached hydrogen (secondary N) is 1. The number of alkyl carbamates (subject to hydrolysis) is 1. The summed E-state index contributed by atoms with van der Waals surface area (Å²) in [4.78, 5) is 22.6. The Kier molecular flexibility index (Phi) is 6.90. The van der Waals surface area contributed by atoms with Crippen molar-refractivity contribution in [1.82, 2.24) is 5.32 Å². The lowest BCUT2D eigenvalue weighted by Crippen LogP contribution is -2.30. The van der Waals surface area contributed by atoms with Gasteiger partial charge in [-0.1, -0.05) is 48.5 Å². The van der Waals surface area contributed by atoms with Gasteiger partial charge in [-0.05, 0) is 52.8 Å². The molecular weight excluding hydrogens is 436 g/mol. The standard InChI is InChI=1S/C26H26N2O6/c1-16-14-17(28(32)33)10-11-18(16)25(30)24(29)12-13-27-26(31)34-15-23-21-8-4-2-6-19(21)20-7-3-5-9-22(20)23/h2-11,14,23-25,29-30H,12-13,15H2,1H3,(H,27,31). The zero-order valence-electron chi connectivity index (χ0n) is 18.7. The molecule has 0 aliphatic heterocycles. The molecule has 1 aliphatic rings. The normalized spacial score (nSPS) is 14.1. The van der Waals surface area contributed by atoms with Crippen LogP contribution in [0.15, 0.2) is 66.7 Å². The maximum absolute atomic E-state index is 12.3. The molecule has 8 heteroatoms. The number of non-ortho nitro benzene ring substituents is 1. The lowest BCUT2D eigenvalue weighted by molar-refractivity contribution is -0.384. The number of aryl methyl sites for hydroxylation is 1. The molecule has 0 bridgehead atoms. The van der Waals surface area contributed by atoms with Gasteiger partial charge in [-0.15, -0.1) is 0 Å². The molecule has 0 aromatic heterocycles. The van der Waals surface area contributed by atoms with Gasteiger partial charge >= 0.3 is 6.09 Å². The van der Waals surface area contributed by atoms with Crippen LogP contribution in [0.4, 0.5) is 10.5 Å². The van der Waals surface area contributed by atoms with Gasteiger partial charge in [0.1, 0.15) is 12.7 Å². The van der Waals surface area contributed by atoms with E-state index in [1.165, 1.54) is 18.2 Å². The van der Waals surface area contributed by atoms with E-state index in [1.807, 2.05) is 36.4 Å². The molecule has 0 spiro atoms. The third-order valence-corrected chi connectivity index (χ3v) is 6.20. The average molecular weight is 463 g/mol. The minimum atomic E-state index is -1.23. The molecule has 2 unspecified atom stereocenters. The monoisotopic (exact) mass is 462 g/mol. The first kappa shape index (κ1) is 23.4. The van der Waals surface area contributed by atoms with E-state index < -0.39 is 23.2 Å². The van der Waals surface area contributed by atoms with E-state index >= 15 is 0 Å². The summed E-state index contributed by atoms with van der Waals surface area (Å²) < 4.78 is 5.46. The first-order valence-electron chi connectivity index (χ1n) is 11.1. The number of nitro benzene ring substituents is 1. The van der Waals surface area contributed by atoms with Crippen molar-refractivity contribution in [3.05, 3.63) is 99.1 Å². The van der Waals surface area contributed by atoms with Crippen molar-refractivity contribution in [3.63, 3.8) is 0 Å². The van der Waals surface area contributed by atoms with Gasteiger partial charge in [0, 0.05) is 24.6 Å². The van der Waals surface area contributed by atoms with Crippen molar-refractivity contribution in [3.8, 4) is 11.1 Å². The highest BCUT2D eigenvalue weighted by Crippen LogP contribution is 2.44. The van der Waals surface area contributed by atoms with Gasteiger partial charge in [0.2, 0.25) is 0 Å². The van der Waals surface area contributed by atoms with Crippen molar-refractivity contribution in [2.45, 2.75) is 31.5 Å². The Balaban J connectivity index is 1.28. The number of hydrogen-bond acceptors (Lipinski definition) is 6. The van der Waals surface area contributed by atoms with Crippen LogP contribution in [0.2, 0.25) is 0 Å². The zero-order valence-corrected chi connectivity index (χ0v) is 18.7. The Morgan fingerprint density at radius 3 is 2.26 bits per heavy atom. The van der Waals surface area contributed by atoms with Crippen molar-refractivity contribution in [2.24, 2.45) is 0 Å². The minimum absolute atomic E-state index is 0.0457. The van der Waals surface area contributed by atoms with Gasteiger partial charge in [0.25, 0.3) is 5.69 Å². The summed E-state index contributed by atoms with van der Waals surface area (Å²) in [6.45, 7) is 1.92. The molecule has 3 N–H and O–H groups in total. The molecule has 3 aromatic rings. The second-order valence-electron chi connectivity index (χ2n) is 8.35. The van der Waals surface area contributed by atoms with E-state index in [0.29, 0.717) is 11.1 Å². The summed E-state index contributed by atoms with van der Waals surface area (Å²) in [7, 11) is 0. The molecule has 8 nitrogen and oxygen atoms in total. The van der Waals surface area contributed by atoms with Gasteiger partial charge in [-0.2, -0.15) is 0 Å². The third-order valence-electron chi connectivity index (χ3n) is 6.20. The van der Waals surface area contributed by atoms with E-state index in [0.717, 1.165) is 22.3 Å². The van der Waals surface area contributed by atoms with Crippen LogP contribution in [-0.2, 0) is 4.74 Å². The van der Waals surface area contributed by atoms with Gasteiger partial charge in [-0.25, -0.2) is 4.79 Å². The van der Waals surface area contributed by atoms with Crippen molar-refractivity contribution < 1.29 is 24.7 Å². The average Bonchev–Trinajstić information content (AvgIpc) is 3.16. The van der Waals surface area contributed by atoms with Crippen LogP contribution < -0.4 is 5.32 Å². The van der Waals surface area contributed by atoms with Gasteiger partial charge in [0.05, 0.1) is 11.0 Å². The lowest BCUT2D eigenvalue weighted by atomic mass is 9.97. The number of nitro groups is 1. The summed E-state index contributed by atoms with van der Waals surface area (Å²) in [5.41, 5.74) is 5.35. The number of benzene rings is 3. The van der Waals surface area contributed by atoms with Crippen LogP contribution in [-0.4, -0.2) is 40.5 Å². The fourth-order valence-corrected chi connectivity index (χ4v) is 4.44. The first-order chi connectivity index (χ1) is 16.4. The molecule has 2 atom stereocenters. The first-order valence-corrected chi connectivity index (χ1v) is 11.1. The number of hydrogen-bond donors (Lipinski definition) is 3. The quantitative estimate of drug-likeness (QED) is 0.340. The van der Waals surface area contributed by atoms with Gasteiger partial charge in [-0.3, -0.25) is 10.1 Å². The molecule has 176 valence electrons. The summed E-state index contributed by atoms with van der Waals surface area (Å²) in [6.07, 6.45) is -2.91. The molecule has 34 heavy (non-hydrogen) atoms. The number of carbonyl (C=O) groups excluding carboxylic acids is 1. The summed E-state index contributed by atoms with van der Waals surface area (Å²) >= 11 is 0. The number of nitrogens with zero attached hydrogens (tertiary/aromatic N) is 1. The molecule has 0 heterocycles. The van der Waals surface area contributed by atoms with Crippen molar-refractivity contribution >= 4 is 11.8 Å².